The number of rotatable bonds is 8. The summed E-state index contributed by atoms with van der Waals surface area (Å²) in [4.78, 5) is 13.9. The van der Waals surface area contributed by atoms with Crippen molar-refractivity contribution in [3.63, 3.8) is 0 Å². The van der Waals surface area contributed by atoms with Crippen LogP contribution in [0.15, 0.2) is 63.2 Å². The summed E-state index contributed by atoms with van der Waals surface area (Å²) in [5, 5.41) is 29.3. The number of hydrazone groups is 1. The lowest BCUT2D eigenvalue weighted by atomic mass is 10.1. The molecule has 12 nitrogen and oxygen atoms in total. The van der Waals surface area contributed by atoms with Crippen LogP contribution in [0.2, 0.25) is 0 Å². The van der Waals surface area contributed by atoms with Crippen LogP contribution in [0.4, 0.5) is 5.82 Å². The lowest BCUT2D eigenvalue weighted by Gasteiger charge is -2.07. The van der Waals surface area contributed by atoms with Crippen molar-refractivity contribution in [2.75, 3.05) is 12.8 Å². The Morgan fingerprint density at radius 3 is 2.76 bits per heavy atom. The molecule has 0 bridgehead atoms. The minimum atomic E-state index is -0.574. The van der Waals surface area contributed by atoms with E-state index in [9.17, 15) is 9.90 Å². The van der Waals surface area contributed by atoms with Crippen molar-refractivity contribution in [1.29, 1.82) is 0 Å². The second-order valence-corrected chi connectivity index (χ2v) is 7.94. The van der Waals surface area contributed by atoms with E-state index in [1.807, 2.05) is 30.3 Å². The molecule has 0 aliphatic heterocycles. The molecule has 0 atom stereocenters. The first-order valence-corrected chi connectivity index (χ1v) is 10.9. The minimum absolute atomic E-state index is 0.00174. The molecule has 34 heavy (non-hydrogen) atoms. The molecule has 2 heterocycles. The zero-order chi connectivity index (χ0) is 24.1. The molecule has 4 aromatic rings. The second kappa shape index (κ2) is 10.0. The number of hydrogen-bond donors (Lipinski definition) is 3. The number of anilines is 1. The predicted molar refractivity (Wildman–Crippen MR) is 124 cm³/mol. The fourth-order valence-electron chi connectivity index (χ4n) is 2.94. The Kier molecular flexibility index (Phi) is 6.73. The highest BCUT2D eigenvalue weighted by Crippen LogP contribution is 2.27. The topological polar surface area (TPSA) is 167 Å². The zero-order valence-corrected chi connectivity index (χ0v) is 19.0. The summed E-state index contributed by atoms with van der Waals surface area (Å²) in [5.74, 6) is 0.200. The summed E-state index contributed by atoms with van der Waals surface area (Å²) >= 11 is 1.48. The van der Waals surface area contributed by atoms with Crippen LogP contribution in [-0.4, -0.2) is 49.1 Å². The summed E-state index contributed by atoms with van der Waals surface area (Å²) < 4.78 is 11.1. The predicted octanol–water partition coefficient (Wildman–Crippen LogP) is 2.39. The molecule has 174 valence electrons. The van der Waals surface area contributed by atoms with Crippen molar-refractivity contribution in [2.45, 2.75) is 17.6 Å². The lowest BCUT2D eigenvalue weighted by Crippen LogP contribution is -2.21. The number of ether oxygens (including phenoxy) is 1. The Labute approximate surface area is 197 Å². The average molecular weight is 481 g/mol. The van der Waals surface area contributed by atoms with Gasteiger partial charge in [-0.15, -0.1) is 16.9 Å². The number of carbonyl (C=O) groups excluding carboxylic acids is 1. The number of amides is 1. The first kappa shape index (κ1) is 22.8. The minimum Gasteiger partial charge on any atom is -0.504 e. The number of carbonyl (C=O) groups is 1. The third kappa shape index (κ3) is 4.83. The molecule has 4 N–H and O–H groups in total. The Bertz CT molecular complexity index is 1340. The molecule has 13 heteroatoms. The number of aromatic nitrogens is 5. The Balaban J connectivity index is 1.60. The SMILES string of the molecule is COc1cc(C(C)=NNC(=O)c2nnn(-c3nonc3N)c2CSc2ccccc2)ccc1O. The molecule has 0 unspecified atom stereocenters. The molecule has 0 aliphatic rings. The number of methoxy groups -OCH3 is 1. The van der Waals surface area contributed by atoms with Gasteiger partial charge in [-0.25, -0.2) is 10.1 Å². The molecule has 1 amide bonds. The van der Waals surface area contributed by atoms with Gasteiger partial charge in [-0.05, 0) is 47.6 Å². The number of phenols is 1. The third-order valence-corrected chi connectivity index (χ3v) is 5.74. The molecule has 0 aliphatic carbocycles. The Morgan fingerprint density at radius 1 is 1.26 bits per heavy atom. The van der Waals surface area contributed by atoms with Gasteiger partial charge in [0.1, 0.15) is 0 Å². The molecule has 2 aromatic carbocycles. The average Bonchev–Trinajstić information content (AvgIpc) is 3.47. The number of phenolic OH excluding ortho intramolecular Hbond substituents is 1. The quantitative estimate of drug-likeness (QED) is 0.193. The van der Waals surface area contributed by atoms with E-state index in [-0.39, 0.29) is 23.1 Å². The van der Waals surface area contributed by atoms with Crippen LogP contribution in [0.1, 0.15) is 28.7 Å². The number of nitrogens with two attached hydrogens (primary N) is 1. The number of nitrogens with one attached hydrogen (secondary N) is 1. The van der Waals surface area contributed by atoms with Crippen molar-refractivity contribution >= 4 is 29.2 Å². The third-order valence-electron chi connectivity index (χ3n) is 4.72. The molecule has 0 spiro atoms. The fraction of sp³-hybridized carbons (Fsp3) is 0.143. The highest BCUT2D eigenvalue weighted by Gasteiger charge is 2.24. The lowest BCUT2D eigenvalue weighted by molar-refractivity contribution is 0.0949. The Morgan fingerprint density at radius 2 is 2.06 bits per heavy atom. The maximum Gasteiger partial charge on any atom is 0.293 e. The van der Waals surface area contributed by atoms with Crippen LogP contribution in [-0.2, 0) is 5.75 Å². The monoisotopic (exact) mass is 480 g/mol. The van der Waals surface area contributed by atoms with Crippen LogP contribution in [0, 0.1) is 0 Å². The number of nitrogen functional groups attached to an aromatic ring is 1. The Hall–Kier alpha value is -4.39. The van der Waals surface area contributed by atoms with E-state index in [2.05, 4.69) is 35.8 Å². The second-order valence-electron chi connectivity index (χ2n) is 6.90. The van der Waals surface area contributed by atoms with Gasteiger partial charge in [0.15, 0.2) is 17.2 Å². The smallest absolute Gasteiger partial charge is 0.293 e. The summed E-state index contributed by atoms with van der Waals surface area (Å²) in [6.45, 7) is 1.71. The largest absolute Gasteiger partial charge is 0.504 e. The zero-order valence-electron chi connectivity index (χ0n) is 18.2. The van der Waals surface area contributed by atoms with E-state index >= 15 is 0 Å². The summed E-state index contributed by atoms with van der Waals surface area (Å²) in [7, 11) is 1.45. The number of thioether (sulfide) groups is 1. The van der Waals surface area contributed by atoms with E-state index in [0.717, 1.165) is 4.90 Å². The molecule has 4 rings (SSSR count). The molecule has 0 fully saturated rings. The molecule has 0 saturated heterocycles. The van der Waals surface area contributed by atoms with Crippen LogP contribution in [0.5, 0.6) is 11.5 Å². The number of aromatic hydroxyl groups is 1. The van der Waals surface area contributed by atoms with Gasteiger partial charge >= 0.3 is 0 Å². The van der Waals surface area contributed by atoms with Gasteiger partial charge in [0.25, 0.3) is 5.91 Å². The van der Waals surface area contributed by atoms with Gasteiger partial charge in [-0.3, -0.25) is 4.79 Å². The highest BCUT2D eigenvalue weighted by molar-refractivity contribution is 7.98. The van der Waals surface area contributed by atoms with Crippen molar-refractivity contribution in [3.8, 4) is 17.3 Å². The summed E-state index contributed by atoms with van der Waals surface area (Å²) in [6.07, 6.45) is 0. The van der Waals surface area contributed by atoms with E-state index in [1.165, 1.54) is 29.6 Å². The van der Waals surface area contributed by atoms with Gasteiger partial charge in [-0.1, -0.05) is 23.4 Å². The summed E-state index contributed by atoms with van der Waals surface area (Å²) in [6, 6.07) is 14.4. The first-order chi connectivity index (χ1) is 16.5. The number of nitrogens with zero attached hydrogens (tertiary/aromatic N) is 6. The highest BCUT2D eigenvalue weighted by atomic mass is 32.2. The van der Waals surface area contributed by atoms with Gasteiger partial charge in [0.2, 0.25) is 11.6 Å². The van der Waals surface area contributed by atoms with Gasteiger partial charge in [0, 0.05) is 16.2 Å². The number of benzene rings is 2. The summed E-state index contributed by atoms with van der Waals surface area (Å²) in [5.41, 5.74) is 9.94. The first-order valence-electron chi connectivity index (χ1n) is 9.90. The van der Waals surface area contributed by atoms with Crippen molar-refractivity contribution in [1.82, 2.24) is 30.7 Å². The normalized spacial score (nSPS) is 11.4. The van der Waals surface area contributed by atoms with Crippen LogP contribution in [0.25, 0.3) is 5.82 Å². The molecular formula is C21H20N8O4S. The van der Waals surface area contributed by atoms with E-state index < -0.39 is 5.91 Å². The fourth-order valence-corrected chi connectivity index (χ4v) is 3.85. The standard InChI is InChI=1S/C21H20N8O4S/c1-12(13-8-9-16(30)17(10-13)32-2)23-25-21(31)18-15(11-34-14-6-4-3-5-7-14)29(28-24-18)20-19(22)26-33-27-20/h3-10,30H,11H2,1-2H3,(H2,22,26)(H,25,31). The molecular weight excluding hydrogens is 460 g/mol. The molecule has 0 radical (unpaired) electrons. The van der Waals surface area contributed by atoms with Gasteiger partial charge in [-0.2, -0.15) is 9.78 Å². The molecule has 0 saturated carbocycles. The van der Waals surface area contributed by atoms with Crippen LogP contribution >= 0.6 is 11.8 Å². The maximum atomic E-state index is 13.0. The van der Waals surface area contributed by atoms with Gasteiger partial charge in [0.05, 0.1) is 18.5 Å². The van der Waals surface area contributed by atoms with Crippen molar-refractivity contribution in [3.05, 3.63) is 65.5 Å². The van der Waals surface area contributed by atoms with E-state index in [0.29, 0.717) is 28.5 Å². The number of hydrogen-bond acceptors (Lipinski definition) is 11. The van der Waals surface area contributed by atoms with Crippen molar-refractivity contribution < 1.29 is 19.3 Å². The van der Waals surface area contributed by atoms with Crippen molar-refractivity contribution in [2.24, 2.45) is 5.10 Å². The van der Waals surface area contributed by atoms with Crippen LogP contribution < -0.4 is 15.9 Å². The molecule has 2 aromatic heterocycles. The van der Waals surface area contributed by atoms with Gasteiger partial charge < -0.3 is 15.6 Å². The maximum absolute atomic E-state index is 13.0. The van der Waals surface area contributed by atoms with Crippen LogP contribution in [0.3, 0.4) is 0 Å². The van der Waals surface area contributed by atoms with E-state index in [1.54, 1.807) is 19.1 Å². The van der Waals surface area contributed by atoms with E-state index in [4.69, 9.17) is 10.5 Å².